The van der Waals surface area contributed by atoms with E-state index < -0.39 is 31.9 Å². The standard InChI is InChI=1S/C14H16N10O6S2/c15-31(27,28)11-5-1-9(2-6-11)17-21-23-19-13(25)14(26)20-24-22-18-10-3-7-12(8-4-10)32(16,29)30/h1-8H,(H,17,23)(H,18,24)(H2,15,27,28)(H2,16,29,30)(H,19,21,25)(H,20,22,26). The van der Waals surface area contributed by atoms with E-state index >= 15 is 0 Å². The highest BCUT2D eigenvalue weighted by Crippen LogP contribution is 2.16. The first-order chi connectivity index (χ1) is 15.0. The summed E-state index contributed by atoms with van der Waals surface area (Å²) in [4.78, 5) is 22.9. The third-order valence-corrected chi connectivity index (χ3v) is 5.17. The third-order valence-electron chi connectivity index (χ3n) is 3.31. The molecule has 0 heterocycles. The van der Waals surface area contributed by atoms with Crippen molar-refractivity contribution in [2.75, 3.05) is 0 Å². The Kier molecular flexibility index (Phi) is 7.85. The van der Waals surface area contributed by atoms with Crippen molar-refractivity contribution in [3.8, 4) is 0 Å². The second-order valence-electron chi connectivity index (χ2n) is 5.61. The second-order valence-corrected chi connectivity index (χ2v) is 8.73. The molecule has 2 amide bonds. The number of benzene rings is 2. The van der Waals surface area contributed by atoms with Gasteiger partial charge >= 0.3 is 11.8 Å². The number of sulfonamides is 2. The Morgan fingerprint density at radius 3 is 1.22 bits per heavy atom. The molecule has 0 fully saturated rings. The number of carbonyl (C=O) groups is 2. The van der Waals surface area contributed by atoms with E-state index in [1.807, 2.05) is 21.9 Å². The van der Waals surface area contributed by atoms with Gasteiger partial charge in [0.05, 0.1) is 21.2 Å². The van der Waals surface area contributed by atoms with Crippen molar-refractivity contribution in [2.24, 2.45) is 31.0 Å². The Balaban J connectivity index is 1.74. The van der Waals surface area contributed by atoms with Crippen LogP contribution in [0.2, 0.25) is 0 Å². The molecule has 8 N–H and O–H groups in total. The molecular weight excluding hydrogens is 468 g/mol. The maximum absolute atomic E-state index is 11.6. The van der Waals surface area contributed by atoms with Gasteiger partial charge in [0.1, 0.15) is 0 Å². The van der Waals surface area contributed by atoms with E-state index in [9.17, 15) is 26.4 Å². The Bertz CT molecular complexity index is 1140. The van der Waals surface area contributed by atoms with Gasteiger partial charge in [0.25, 0.3) is 0 Å². The van der Waals surface area contributed by atoms with E-state index in [2.05, 4.69) is 20.7 Å². The molecular formula is C14H16N10O6S2. The van der Waals surface area contributed by atoms with Crippen molar-refractivity contribution < 1.29 is 26.4 Å². The molecule has 170 valence electrons. The first kappa shape index (κ1) is 24.3. The SMILES string of the molecule is NS(=O)(=O)c1ccc(N=NNNC(=O)C(=O)NNN=Nc2ccc(S(N)(=O)=O)cc2)cc1. The zero-order valence-electron chi connectivity index (χ0n) is 15.8. The minimum absolute atomic E-state index is 0.112. The number of rotatable bonds is 8. The maximum Gasteiger partial charge on any atom is 0.330 e. The first-order valence-corrected chi connectivity index (χ1v) is 11.2. The molecule has 0 saturated carbocycles. The lowest BCUT2D eigenvalue weighted by Gasteiger charge is -2.03. The number of carbonyl (C=O) groups excluding carboxylic acids is 2. The van der Waals surface area contributed by atoms with Gasteiger partial charge < -0.3 is 0 Å². The van der Waals surface area contributed by atoms with E-state index in [4.69, 9.17) is 10.3 Å². The van der Waals surface area contributed by atoms with Gasteiger partial charge in [0.15, 0.2) is 0 Å². The smallest absolute Gasteiger partial charge is 0.262 e. The van der Waals surface area contributed by atoms with Crippen LogP contribution in [0.1, 0.15) is 0 Å². The van der Waals surface area contributed by atoms with Crippen LogP contribution in [0.15, 0.2) is 79.0 Å². The summed E-state index contributed by atoms with van der Waals surface area (Å²) in [6.45, 7) is 0. The van der Waals surface area contributed by atoms with Gasteiger partial charge in [-0.05, 0) is 48.5 Å². The van der Waals surface area contributed by atoms with Gasteiger partial charge in [-0.1, -0.05) is 10.4 Å². The molecule has 32 heavy (non-hydrogen) atoms. The highest BCUT2D eigenvalue weighted by atomic mass is 32.2. The summed E-state index contributed by atoms with van der Waals surface area (Å²) in [5.74, 6) is -2.32. The highest BCUT2D eigenvalue weighted by molar-refractivity contribution is 7.89. The summed E-state index contributed by atoms with van der Waals surface area (Å²) in [6.07, 6.45) is 0. The van der Waals surface area contributed by atoms with E-state index in [0.29, 0.717) is 0 Å². The fourth-order valence-corrected chi connectivity index (χ4v) is 2.87. The quantitative estimate of drug-likeness (QED) is 0.152. The van der Waals surface area contributed by atoms with Crippen molar-refractivity contribution in [3.63, 3.8) is 0 Å². The van der Waals surface area contributed by atoms with Crippen molar-refractivity contribution in [1.82, 2.24) is 21.9 Å². The number of nitrogens with zero attached hydrogens (tertiary/aromatic N) is 4. The van der Waals surface area contributed by atoms with Crippen LogP contribution >= 0.6 is 0 Å². The van der Waals surface area contributed by atoms with Gasteiger partial charge in [-0.3, -0.25) is 9.59 Å². The average Bonchev–Trinajstić information content (AvgIpc) is 2.73. The molecule has 0 aromatic heterocycles. The lowest BCUT2D eigenvalue weighted by molar-refractivity contribution is -0.140. The van der Waals surface area contributed by atoms with Crippen LogP contribution in [0.5, 0.6) is 0 Å². The number of hydrogen-bond donors (Lipinski definition) is 6. The Morgan fingerprint density at radius 2 is 0.938 bits per heavy atom. The fraction of sp³-hybridized carbons (Fsp3) is 0. The molecule has 0 aliphatic heterocycles. The third kappa shape index (κ3) is 7.68. The van der Waals surface area contributed by atoms with Gasteiger partial charge in [0, 0.05) is 0 Å². The van der Waals surface area contributed by atoms with E-state index in [-0.39, 0.29) is 21.2 Å². The summed E-state index contributed by atoms with van der Waals surface area (Å²) in [5.41, 5.74) is 8.31. The van der Waals surface area contributed by atoms with Crippen molar-refractivity contribution in [3.05, 3.63) is 48.5 Å². The summed E-state index contributed by atoms with van der Waals surface area (Å²) in [6, 6.07) is 10.1. The summed E-state index contributed by atoms with van der Waals surface area (Å²) < 4.78 is 44.6. The largest absolute Gasteiger partial charge is 0.330 e. The minimum Gasteiger partial charge on any atom is -0.262 e. The number of nitrogens with two attached hydrogens (primary N) is 2. The molecule has 0 spiro atoms. The normalized spacial score (nSPS) is 11.9. The highest BCUT2D eigenvalue weighted by Gasteiger charge is 2.12. The molecule has 18 heteroatoms. The summed E-state index contributed by atoms with van der Waals surface area (Å²) >= 11 is 0. The number of amides is 2. The fourth-order valence-electron chi connectivity index (χ4n) is 1.84. The molecule has 0 saturated heterocycles. The van der Waals surface area contributed by atoms with E-state index in [1.54, 1.807) is 0 Å². The molecule has 16 nitrogen and oxygen atoms in total. The molecule has 0 unspecified atom stereocenters. The molecule has 2 aromatic carbocycles. The predicted molar refractivity (Wildman–Crippen MR) is 107 cm³/mol. The van der Waals surface area contributed by atoms with Crippen molar-refractivity contribution in [2.45, 2.75) is 9.79 Å². The molecule has 0 radical (unpaired) electrons. The zero-order chi connectivity index (χ0) is 23.8. The first-order valence-electron chi connectivity index (χ1n) is 8.14. The predicted octanol–water partition coefficient (Wildman–Crippen LogP) is -1.08. The number of hydrazine groups is 2. The molecule has 0 aliphatic rings. The Hall–Kier alpha value is -4.00. The summed E-state index contributed by atoms with van der Waals surface area (Å²) in [5, 5.41) is 23.9. The summed E-state index contributed by atoms with van der Waals surface area (Å²) in [7, 11) is -7.67. The monoisotopic (exact) mass is 484 g/mol. The van der Waals surface area contributed by atoms with Crippen LogP contribution in [0.3, 0.4) is 0 Å². The maximum atomic E-state index is 11.6. The van der Waals surface area contributed by atoms with Gasteiger partial charge in [-0.2, -0.15) is 11.1 Å². The Labute approximate surface area is 181 Å². The Morgan fingerprint density at radius 1 is 0.625 bits per heavy atom. The van der Waals surface area contributed by atoms with Crippen LogP contribution in [-0.2, 0) is 29.6 Å². The molecule has 2 rings (SSSR count). The van der Waals surface area contributed by atoms with Crippen LogP contribution in [0, 0.1) is 0 Å². The van der Waals surface area contributed by atoms with E-state index in [1.165, 1.54) is 48.5 Å². The topological polar surface area (TPSA) is 252 Å². The zero-order valence-corrected chi connectivity index (χ0v) is 17.5. The van der Waals surface area contributed by atoms with Gasteiger partial charge in [0.2, 0.25) is 20.0 Å². The lowest BCUT2D eigenvalue weighted by Crippen LogP contribution is -2.47. The van der Waals surface area contributed by atoms with Crippen LogP contribution < -0.4 is 32.2 Å². The minimum atomic E-state index is -3.83. The lowest BCUT2D eigenvalue weighted by atomic mass is 10.3. The molecule has 0 bridgehead atoms. The van der Waals surface area contributed by atoms with Crippen molar-refractivity contribution >= 4 is 43.2 Å². The van der Waals surface area contributed by atoms with Crippen LogP contribution in [0.25, 0.3) is 0 Å². The van der Waals surface area contributed by atoms with Gasteiger partial charge in [-0.15, -0.1) is 10.2 Å². The van der Waals surface area contributed by atoms with Crippen LogP contribution in [-0.4, -0.2) is 28.6 Å². The second kappa shape index (κ2) is 10.3. The van der Waals surface area contributed by atoms with Gasteiger partial charge in [-0.25, -0.2) is 38.0 Å². The molecule has 0 atom stereocenters. The van der Waals surface area contributed by atoms with E-state index in [0.717, 1.165) is 0 Å². The molecule has 0 aliphatic carbocycles. The number of primary sulfonamides is 2. The molecule has 2 aromatic rings. The van der Waals surface area contributed by atoms with Crippen molar-refractivity contribution in [1.29, 1.82) is 0 Å². The van der Waals surface area contributed by atoms with Crippen LogP contribution in [0.4, 0.5) is 11.4 Å². The average molecular weight is 484 g/mol. The number of hydrogen-bond acceptors (Lipinski definition) is 10. The number of nitrogens with one attached hydrogen (secondary N) is 4.